The zero-order valence-corrected chi connectivity index (χ0v) is 69.7. The summed E-state index contributed by atoms with van der Waals surface area (Å²) in [6.07, 6.45) is 9.63. The summed E-state index contributed by atoms with van der Waals surface area (Å²) < 4.78 is 96.3. The van der Waals surface area contributed by atoms with Gasteiger partial charge < -0.3 is 71.6 Å². The van der Waals surface area contributed by atoms with Crippen LogP contribution in [0.2, 0.25) is 0 Å². The maximum absolute atomic E-state index is 16.9. The monoisotopic (exact) mass is 1550 g/mol. The van der Waals surface area contributed by atoms with E-state index in [2.05, 4.69) is 91.0 Å². The second-order valence-electron chi connectivity index (χ2n) is 37.0. The van der Waals surface area contributed by atoms with Crippen LogP contribution in [-0.2, 0) is 107 Å². The molecule has 8 fully saturated rings. The summed E-state index contributed by atoms with van der Waals surface area (Å²) in [7, 11) is 3.73. The Morgan fingerprint density at radius 3 is 1.79 bits per heavy atom. The molecule has 0 radical (unpaired) electrons. The SMILES string of the molecule is COC1C[C@]2(C)C(=CCC3C4(C)CC[C@H](C)[C@](C)(OC)[C@@H]4CC[C@@]32C)C2CC(C)(C)CC[C@]12C(=O)O[C@@H]1OC(COCc2ccccc2)[C@H](NC(=O)CCCCCCCCCCC(=O)OCc2ccccc2)C(C)C1O[C@@H]1O[C@H](C)[C@H](O[C@@H]2OC[C@@H](OCc3ccccc3)C(OCc3ccccc3)C2C)C2OC(C)(C)OC21. The number of carbonyl (C=O) groups excluding carboxylic acids is 3. The average Bonchev–Trinajstić information content (AvgIpc) is 0.757. The van der Waals surface area contributed by atoms with Crippen molar-refractivity contribution in [2.24, 2.45) is 62.6 Å². The molecule has 616 valence electrons. The fourth-order valence-electron chi connectivity index (χ4n) is 22.2. The van der Waals surface area contributed by atoms with Crippen LogP contribution in [0, 0.1) is 62.6 Å². The third-order valence-electron chi connectivity index (χ3n) is 29.1. The highest BCUT2D eigenvalue weighted by molar-refractivity contribution is 5.80. The van der Waals surface area contributed by atoms with E-state index in [0.29, 0.717) is 69.7 Å². The van der Waals surface area contributed by atoms with E-state index in [4.69, 9.17) is 66.3 Å². The van der Waals surface area contributed by atoms with Gasteiger partial charge in [0.1, 0.15) is 48.6 Å². The van der Waals surface area contributed by atoms with Gasteiger partial charge in [-0.2, -0.15) is 0 Å². The molecule has 112 heavy (non-hydrogen) atoms. The Bertz CT molecular complexity index is 3730. The number of nitrogens with one attached hydrogen (secondary N) is 1. The lowest BCUT2D eigenvalue weighted by Crippen LogP contribution is -2.69. The Balaban J connectivity index is 0.767. The van der Waals surface area contributed by atoms with E-state index < -0.39 is 97.0 Å². The first-order valence-electron chi connectivity index (χ1n) is 42.7. The topological polar surface area (TPSA) is 192 Å². The van der Waals surface area contributed by atoms with Gasteiger partial charge in [-0.05, 0) is 166 Å². The van der Waals surface area contributed by atoms with E-state index in [0.717, 1.165) is 112 Å². The summed E-state index contributed by atoms with van der Waals surface area (Å²) >= 11 is 0. The molecule has 24 atom stereocenters. The third kappa shape index (κ3) is 18.0. The number of benzene rings is 4. The molecule has 0 aromatic heterocycles. The number of hydrogen-bond acceptors (Lipinski definition) is 17. The highest BCUT2D eigenvalue weighted by Crippen LogP contribution is 2.76. The fourth-order valence-corrected chi connectivity index (χ4v) is 22.2. The highest BCUT2D eigenvalue weighted by Gasteiger charge is 2.73. The van der Waals surface area contributed by atoms with Crippen LogP contribution in [0.5, 0.6) is 0 Å². The summed E-state index contributed by atoms with van der Waals surface area (Å²) in [4.78, 5) is 44.1. The molecule has 4 aromatic rings. The molecular formula is C94H133NO17. The Labute approximate surface area is 668 Å². The van der Waals surface area contributed by atoms with E-state index in [1.54, 1.807) is 7.11 Å². The molecule has 1 amide bonds. The number of fused-ring (bicyclic) bond motifs is 8. The predicted molar refractivity (Wildman–Crippen MR) is 427 cm³/mol. The molecule has 4 heterocycles. The van der Waals surface area contributed by atoms with Crippen molar-refractivity contribution in [3.63, 3.8) is 0 Å². The van der Waals surface area contributed by atoms with E-state index in [1.165, 1.54) is 5.57 Å². The van der Waals surface area contributed by atoms with Gasteiger partial charge >= 0.3 is 11.9 Å². The van der Waals surface area contributed by atoms with Gasteiger partial charge in [0.25, 0.3) is 0 Å². The number of hydrogen-bond donors (Lipinski definition) is 1. The Morgan fingerprint density at radius 2 is 1.15 bits per heavy atom. The molecule has 11 unspecified atom stereocenters. The Morgan fingerprint density at radius 1 is 0.562 bits per heavy atom. The molecule has 4 aromatic carbocycles. The van der Waals surface area contributed by atoms with Crippen molar-refractivity contribution in [2.75, 3.05) is 27.4 Å². The van der Waals surface area contributed by atoms with Gasteiger partial charge in [-0.1, -0.05) is 227 Å². The lowest BCUT2D eigenvalue weighted by Gasteiger charge is -2.72. The predicted octanol–water partition coefficient (Wildman–Crippen LogP) is 17.9. The van der Waals surface area contributed by atoms with E-state index in [1.807, 2.05) is 132 Å². The average molecular weight is 1550 g/mol. The van der Waals surface area contributed by atoms with E-state index in [9.17, 15) is 9.59 Å². The van der Waals surface area contributed by atoms with Crippen molar-refractivity contribution >= 4 is 17.8 Å². The number of esters is 2. The Hall–Kier alpha value is -5.45. The van der Waals surface area contributed by atoms with E-state index in [-0.39, 0.29) is 76.8 Å². The van der Waals surface area contributed by atoms with Gasteiger partial charge in [-0.15, -0.1) is 0 Å². The molecule has 18 heteroatoms. The second-order valence-corrected chi connectivity index (χ2v) is 37.0. The van der Waals surface area contributed by atoms with Crippen LogP contribution >= 0.6 is 0 Å². The molecule has 4 aliphatic heterocycles. The van der Waals surface area contributed by atoms with Crippen LogP contribution in [0.25, 0.3) is 0 Å². The first-order chi connectivity index (χ1) is 53.7. The van der Waals surface area contributed by atoms with Crippen molar-refractivity contribution in [3.05, 3.63) is 155 Å². The minimum absolute atomic E-state index is 0.0535. The summed E-state index contributed by atoms with van der Waals surface area (Å²) in [5.41, 5.74) is 3.71. The summed E-state index contributed by atoms with van der Waals surface area (Å²) in [6.45, 7) is 28.7. The fraction of sp³-hybridized carbons (Fsp3) is 0.691. The Kier molecular flexibility index (Phi) is 27.3. The maximum Gasteiger partial charge on any atom is 0.317 e. The summed E-state index contributed by atoms with van der Waals surface area (Å²) in [6, 6.07) is 39.4. The van der Waals surface area contributed by atoms with Crippen molar-refractivity contribution in [2.45, 2.75) is 323 Å². The van der Waals surface area contributed by atoms with Gasteiger partial charge in [0.05, 0.1) is 63.0 Å². The minimum atomic E-state index is -1.32. The molecule has 1 N–H and O–H groups in total. The molecule has 4 saturated carbocycles. The third-order valence-corrected chi connectivity index (χ3v) is 29.1. The summed E-state index contributed by atoms with van der Waals surface area (Å²) in [5, 5.41) is 3.46. The van der Waals surface area contributed by atoms with Crippen LogP contribution in [0.4, 0.5) is 0 Å². The molecule has 0 spiro atoms. The zero-order chi connectivity index (χ0) is 79.2. The minimum Gasteiger partial charge on any atom is -0.461 e. The molecular weight excluding hydrogens is 1420 g/mol. The largest absolute Gasteiger partial charge is 0.461 e. The van der Waals surface area contributed by atoms with E-state index >= 15 is 4.79 Å². The number of allylic oxidation sites excluding steroid dienone is 2. The van der Waals surface area contributed by atoms with Crippen molar-refractivity contribution in [3.8, 4) is 0 Å². The number of amides is 1. The van der Waals surface area contributed by atoms with Gasteiger partial charge in [0, 0.05) is 38.9 Å². The number of rotatable bonds is 32. The van der Waals surface area contributed by atoms with Crippen LogP contribution in [0.1, 0.15) is 227 Å². The molecule has 13 rings (SSSR count). The van der Waals surface area contributed by atoms with Crippen LogP contribution in [-0.4, -0.2) is 137 Å². The smallest absolute Gasteiger partial charge is 0.317 e. The second kappa shape index (κ2) is 36.2. The quantitative estimate of drug-likeness (QED) is 0.0275. The van der Waals surface area contributed by atoms with Gasteiger partial charge in [0.15, 0.2) is 18.4 Å². The first kappa shape index (κ1) is 84.5. The van der Waals surface area contributed by atoms with Gasteiger partial charge in [0.2, 0.25) is 12.2 Å². The molecule has 9 aliphatic rings. The normalized spacial score (nSPS) is 37.8. The highest BCUT2D eigenvalue weighted by atomic mass is 16.8. The zero-order valence-electron chi connectivity index (χ0n) is 69.7. The first-order valence-corrected chi connectivity index (χ1v) is 42.7. The number of unbranched alkanes of at least 4 members (excludes halogenated alkanes) is 7. The number of ether oxygens (including phenoxy) is 14. The van der Waals surface area contributed by atoms with Gasteiger partial charge in [-0.3, -0.25) is 14.4 Å². The lowest BCUT2D eigenvalue weighted by molar-refractivity contribution is -0.354. The standard InChI is InChI=1S/C94H133NO17/c1-61-47-49-90(9)73-46-45-69-70-53-88(5,6)51-52-94(70,75(99-13)54-92(69,11)91(73,10)50-48-74(90)93(61,12)100-14)87(98)110-85-80(62(2)78(71(107-85)59-101-55-65-35-25-21-26-36-65)95-76(96)43-33-19-17-15-16-18-20-34-44-77(97)103-57-67-39-29-23-30-40-67)108-86-83-82(111-89(7,8)112-83)81(64(4)106-86)109-84-63(3)79(104-58-68-41-31-24-32-42-68)72(60-105-84)102-56-66-37-27-22-28-38-66/h21-32,35-42,45,61-64,70-75,78-86H,15-20,33-34,43-44,46-60H2,1-14H3,(H,95,96)/t61-,62?,63?,64+,70?,71?,72+,73?,74+,75?,78+,79?,80?,81-,82?,83?,84-,85-,86-,90?,91-,92+,93-,94+/m0/s1. The molecule has 5 aliphatic carbocycles. The van der Waals surface area contributed by atoms with Crippen LogP contribution < -0.4 is 5.32 Å². The lowest BCUT2D eigenvalue weighted by atomic mass is 9.33. The molecule has 18 nitrogen and oxygen atoms in total. The van der Waals surface area contributed by atoms with Crippen molar-refractivity contribution < 1.29 is 80.7 Å². The van der Waals surface area contributed by atoms with Gasteiger partial charge in [-0.25, -0.2) is 0 Å². The van der Waals surface area contributed by atoms with Crippen molar-refractivity contribution in [1.29, 1.82) is 0 Å². The maximum atomic E-state index is 16.9. The number of methoxy groups -OCH3 is 2. The molecule has 4 saturated heterocycles. The van der Waals surface area contributed by atoms with Crippen molar-refractivity contribution in [1.82, 2.24) is 5.32 Å². The molecule has 0 bridgehead atoms. The number of carbonyl (C=O) groups is 3. The van der Waals surface area contributed by atoms with Crippen LogP contribution in [0.15, 0.2) is 133 Å². The van der Waals surface area contributed by atoms with Crippen LogP contribution in [0.3, 0.4) is 0 Å². The summed E-state index contributed by atoms with van der Waals surface area (Å²) in [5.74, 6) is -1.56.